The summed E-state index contributed by atoms with van der Waals surface area (Å²) in [6, 6.07) is 21.7. The second-order valence-corrected chi connectivity index (χ2v) is 7.41. The zero-order valence-electron chi connectivity index (χ0n) is 18.0. The standard InChI is InChI=1S/C26H21N3O4/c1-18-9-11-19(12-10-18)29(14-5-13-27)25(30)17-33-26(31)21-16-23(24-8-4-15-32-24)28-22-7-3-2-6-20(21)22/h2-4,6-12,15-16H,5,14,17H2,1H3. The van der Waals surface area contributed by atoms with Crippen LogP contribution < -0.4 is 4.90 Å². The van der Waals surface area contributed by atoms with E-state index < -0.39 is 18.5 Å². The number of furan rings is 1. The number of rotatable bonds is 7. The van der Waals surface area contributed by atoms with Gasteiger partial charge in [0, 0.05) is 17.6 Å². The van der Waals surface area contributed by atoms with Gasteiger partial charge in [-0.2, -0.15) is 5.26 Å². The van der Waals surface area contributed by atoms with Crippen molar-refractivity contribution in [1.82, 2.24) is 4.98 Å². The molecule has 0 saturated heterocycles. The van der Waals surface area contributed by atoms with Gasteiger partial charge in [0.2, 0.25) is 0 Å². The molecule has 1 amide bonds. The molecule has 7 nitrogen and oxygen atoms in total. The summed E-state index contributed by atoms with van der Waals surface area (Å²) >= 11 is 0. The average molecular weight is 439 g/mol. The van der Waals surface area contributed by atoms with Crippen LogP contribution in [-0.4, -0.2) is 30.0 Å². The summed E-state index contributed by atoms with van der Waals surface area (Å²) in [5.74, 6) is -0.529. The molecule has 0 aliphatic rings. The summed E-state index contributed by atoms with van der Waals surface area (Å²) in [5.41, 5.74) is 3.09. The van der Waals surface area contributed by atoms with Crippen LogP contribution in [0.2, 0.25) is 0 Å². The molecule has 0 radical (unpaired) electrons. The molecule has 0 bridgehead atoms. The first-order valence-corrected chi connectivity index (χ1v) is 10.4. The van der Waals surface area contributed by atoms with Gasteiger partial charge in [0.15, 0.2) is 12.4 Å². The van der Waals surface area contributed by atoms with Crippen LogP contribution in [0.25, 0.3) is 22.4 Å². The van der Waals surface area contributed by atoms with Gasteiger partial charge in [-0.15, -0.1) is 0 Å². The molecule has 0 N–H and O–H groups in total. The van der Waals surface area contributed by atoms with Crippen LogP contribution in [0.4, 0.5) is 5.69 Å². The summed E-state index contributed by atoms with van der Waals surface area (Å²) in [5, 5.41) is 9.59. The van der Waals surface area contributed by atoms with E-state index in [0.29, 0.717) is 33.6 Å². The summed E-state index contributed by atoms with van der Waals surface area (Å²) < 4.78 is 10.8. The molecule has 0 atom stereocenters. The van der Waals surface area contributed by atoms with Gasteiger partial charge in [-0.25, -0.2) is 9.78 Å². The van der Waals surface area contributed by atoms with E-state index >= 15 is 0 Å². The molecule has 0 saturated carbocycles. The Kier molecular flexibility index (Phi) is 6.46. The fourth-order valence-electron chi connectivity index (χ4n) is 3.46. The van der Waals surface area contributed by atoms with Gasteiger partial charge in [-0.3, -0.25) is 4.79 Å². The number of nitrogens with zero attached hydrogens (tertiary/aromatic N) is 3. The van der Waals surface area contributed by atoms with Crippen LogP contribution >= 0.6 is 0 Å². The Morgan fingerprint density at radius 2 is 1.88 bits per heavy atom. The number of esters is 1. The predicted molar refractivity (Wildman–Crippen MR) is 123 cm³/mol. The van der Waals surface area contributed by atoms with Crippen LogP contribution in [0.3, 0.4) is 0 Å². The summed E-state index contributed by atoms with van der Waals surface area (Å²) in [4.78, 5) is 31.9. The van der Waals surface area contributed by atoms with Crippen LogP contribution in [0.5, 0.6) is 0 Å². The zero-order chi connectivity index (χ0) is 23.2. The van der Waals surface area contributed by atoms with Gasteiger partial charge >= 0.3 is 5.97 Å². The lowest BCUT2D eigenvalue weighted by Crippen LogP contribution is -2.35. The summed E-state index contributed by atoms with van der Waals surface area (Å²) in [6.07, 6.45) is 1.69. The van der Waals surface area contributed by atoms with Crippen LogP contribution in [0.1, 0.15) is 22.3 Å². The van der Waals surface area contributed by atoms with E-state index in [1.165, 1.54) is 11.2 Å². The zero-order valence-corrected chi connectivity index (χ0v) is 18.0. The maximum absolute atomic E-state index is 13.0. The smallest absolute Gasteiger partial charge is 0.339 e. The fraction of sp³-hybridized carbons (Fsp3) is 0.154. The quantitative estimate of drug-likeness (QED) is 0.380. The minimum absolute atomic E-state index is 0.162. The van der Waals surface area contributed by atoms with E-state index in [-0.39, 0.29) is 13.0 Å². The van der Waals surface area contributed by atoms with Crippen molar-refractivity contribution >= 4 is 28.5 Å². The molecule has 0 aliphatic heterocycles. The van der Waals surface area contributed by atoms with E-state index in [0.717, 1.165) is 5.56 Å². The number of ether oxygens (including phenoxy) is 1. The first-order valence-electron chi connectivity index (χ1n) is 10.4. The molecule has 7 heteroatoms. The topological polar surface area (TPSA) is 96.4 Å². The molecule has 0 spiro atoms. The molecule has 4 rings (SSSR count). The lowest BCUT2D eigenvalue weighted by molar-refractivity contribution is -0.121. The molecule has 33 heavy (non-hydrogen) atoms. The third kappa shape index (κ3) is 4.91. The average Bonchev–Trinajstić information content (AvgIpc) is 3.38. The van der Waals surface area contributed by atoms with Gasteiger partial charge in [0.05, 0.1) is 29.8 Å². The van der Waals surface area contributed by atoms with E-state index in [1.807, 2.05) is 31.2 Å². The largest absolute Gasteiger partial charge is 0.463 e. The van der Waals surface area contributed by atoms with Crippen molar-refractivity contribution in [3.63, 3.8) is 0 Å². The van der Waals surface area contributed by atoms with Crippen LogP contribution in [-0.2, 0) is 9.53 Å². The summed E-state index contributed by atoms with van der Waals surface area (Å²) in [6.45, 7) is 1.70. The first-order chi connectivity index (χ1) is 16.1. The van der Waals surface area contributed by atoms with Crippen molar-refractivity contribution in [3.05, 3.63) is 84.1 Å². The number of nitriles is 1. The number of amides is 1. The summed E-state index contributed by atoms with van der Waals surface area (Å²) in [7, 11) is 0. The second kappa shape index (κ2) is 9.79. The molecule has 0 unspecified atom stereocenters. The van der Waals surface area contributed by atoms with Crippen LogP contribution in [0, 0.1) is 18.3 Å². The Morgan fingerprint density at radius 1 is 1.09 bits per heavy atom. The lowest BCUT2D eigenvalue weighted by Gasteiger charge is -2.22. The molecular formula is C26H21N3O4. The van der Waals surface area contributed by atoms with Crippen molar-refractivity contribution in [1.29, 1.82) is 5.26 Å². The molecule has 0 aliphatic carbocycles. The van der Waals surface area contributed by atoms with Gasteiger partial charge in [-0.1, -0.05) is 35.9 Å². The number of carbonyl (C=O) groups excluding carboxylic acids is 2. The molecule has 2 aromatic carbocycles. The number of para-hydroxylation sites is 1. The fourth-order valence-corrected chi connectivity index (χ4v) is 3.46. The SMILES string of the molecule is Cc1ccc(N(CCC#N)C(=O)COC(=O)c2cc(-c3ccco3)nc3ccccc23)cc1. The number of carbonyl (C=O) groups is 2. The van der Waals surface area contributed by atoms with Gasteiger partial charge in [0.25, 0.3) is 5.91 Å². The van der Waals surface area contributed by atoms with Crippen LogP contribution in [0.15, 0.2) is 77.4 Å². The Morgan fingerprint density at radius 3 is 2.61 bits per heavy atom. The number of fused-ring (bicyclic) bond motifs is 1. The number of hydrogen-bond donors (Lipinski definition) is 0. The molecular weight excluding hydrogens is 418 g/mol. The second-order valence-electron chi connectivity index (χ2n) is 7.41. The minimum Gasteiger partial charge on any atom is -0.463 e. The van der Waals surface area contributed by atoms with E-state index in [4.69, 9.17) is 14.4 Å². The van der Waals surface area contributed by atoms with Gasteiger partial charge in [0.1, 0.15) is 5.69 Å². The molecule has 2 aromatic heterocycles. The molecule has 2 heterocycles. The molecule has 4 aromatic rings. The van der Waals surface area contributed by atoms with Crippen molar-refractivity contribution < 1.29 is 18.7 Å². The van der Waals surface area contributed by atoms with E-state index in [2.05, 4.69) is 4.98 Å². The Bertz CT molecular complexity index is 1320. The van der Waals surface area contributed by atoms with Crippen molar-refractivity contribution in [2.45, 2.75) is 13.3 Å². The highest BCUT2D eigenvalue weighted by Gasteiger charge is 2.20. The highest BCUT2D eigenvalue weighted by Crippen LogP contribution is 2.26. The van der Waals surface area contributed by atoms with Crippen molar-refractivity contribution in [2.75, 3.05) is 18.1 Å². The first kappa shape index (κ1) is 21.8. The number of anilines is 1. The third-order valence-corrected chi connectivity index (χ3v) is 5.13. The monoisotopic (exact) mass is 439 g/mol. The number of aryl methyl sites for hydroxylation is 1. The highest BCUT2D eigenvalue weighted by atomic mass is 16.5. The van der Waals surface area contributed by atoms with Gasteiger partial charge in [-0.05, 0) is 43.3 Å². The Hall–Kier alpha value is -4.44. The Balaban J connectivity index is 1.57. The van der Waals surface area contributed by atoms with Crippen molar-refractivity contribution in [2.24, 2.45) is 0 Å². The maximum atomic E-state index is 13.0. The predicted octanol–water partition coefficient (Wildman–Crippen LogP) is 4.91. The molecule has 0 fully saturated rings. The number of aromatic nitrogens is 1. The van der Waals surface area contributed by atoms with Crippen molar-refractivity contribution in [3.8, 4) is 17.5 Å². The van der Waals surface area contributed by atoms with E-state index in [1.54, 1.807) is 48.5 Å². The van der Waals surface area contributed by atoms with E-state index in [9.17, 15) is 9.59 Å². The highest BCUT2D eigenvalue weighted by molar-refractivity contribution is 6.05. The maximum Gasteiger partial charge on any atom is 0.339 e. The third-order valence-electron chi connectivity index (χ3n) is 5.13. The molecule has 164 valence electrons. The number of benzene rings is 2. The number of hydrogen-bond acceptors (Lipinski definition) is 6. The minimum atomic E-state index is -0.640. The normalized spacial score (nSPS) is 10.5. The number of pyridine rings is 1. The van der Waals surface area contributed by atoms with Gasteiger partial charge < -0.3 is 14.1 Å². The Labute approximate surface area is 190 Å². The lowest BCUT2D eigenvalue weighted by atomic mass is 10.1.